The Morgan fingerprint density at radius 2 is 1.49 bits per heavy atom. The van der Waals surface area contributed by atoms with Gasteiger partial charge in [-0.15, -0.1) is 0 Å². The van der Waals surface area contributed by atoms with Gasteiger partial charge in [-0.25, -0.2) is 15.0 Å². The zero-order chi connectivity index (χ0) is 24.0. The fourth-order valence-corrected chi connectivity index (χ4v) is 5.02. The topological polar surface area (TPSA) is 90.5 Å². The van der Waals surface area contributed by atoms with Crippen LogP contribution in [-0.2, 0) is 13.0 Å². The van der Waals surface area contributed by atoms with Crippen LogP contribution in [0, 0.1) is 0 Å². The Labute approximate surface area is 205 Å². The fraction of sp³-hybridized carbons (Fsp3) is 0.370. The Morgan fingerprint density at radius 3 is 2.11 bits per heavy atom. The minimum absolute atomic E-state index is 0.0226. The number of imidazole rings is 1. The largest absolute Gasteiger partial charge is 0.395 e. The van der Waals surface area contributed by atoms with Crippen molar-refractivity contribution in [3.05, 3.63) is 90.1 Å². The van der Waals surface area contributed by atoms with E-state index in [2.05, 4.69) is 85.4 Å². The summed E-state index contributed by atoms with van der Waals surface area (Å²) in [5.41, 5.74) is 4.74. The van der Waals surface area contributed by atoms with Gasteiger partial charge in [0, 0.05) is 45.7 Å². The summed E-state index contributed by atoms with van der Waals surface area (Å²) in [4.78, 5) is 18.0. The van der Waals surface area contributed by atoms with Crippen LogP contribution in [0.4, 0.5) is 0 Å². The van der Waals surface area contributed by atoms with E-state index in [-0.39, 0.29) is 12.6 Å². The number of hydrogen-bond donors (Lipinski definition) is 2. The molecule has 8 nitrogen and oxygen atoms in total. The first-order valence-electron chi connectivity index (χ1n) is 12.2. The van der Waals surface area contributed by atoms with Crippen molar-refractivity contribution in [2.24, 2.45) is 0 Å². The van der Waals surface area contributed by atoms with Crippen LogP contribution in [0.3, 0.4) is 0 Å². The molecule has 1 fully saturated rings. The monoisotopic (exact) mass is 472 g/mol. The summed E-state index contributed by atoms with van der Waals surface area (Å²) < 4.78 is 1.81. The van der Waals surface area contributed by atoms with Gasteiger partial charge in [-0.1, -0.05) is 60.7 Å². The van der Waals surface area contributed by atoms with E-state index in [0.717, 1.165) is 31.9 Å². The highest BCUT2D eigenvalue weighted by molar-refractivity contribution is 5.73. The number of β-amino-alcohol motifs (C(OH)–C–C–N with tert-alkyl or cyclic N) is 1. The molecule has 0 amide bonds. The van der Waals surface area contributed by atoms with Crippen LogP contribution < -0.4 is 0 Å². The third kappa shape index (κ3) is 5.41. The van der Waals surface area contributed by atoms with Gasteiger partial charge in [-0.2, -0.15) is 0 Å². The lowest BCUT2D eigenvalue weighted by atomic mass is 9.96. The van der Waals surface area contributed by atoms with Crippen LogP contribution in [0.15, 0.2) is 73.3 Å². The van der Waals surface area contributed by atoms with Gasteiger partial charge in [0.1, 0.15) is 11.8 Å². The molecule has 2 aromatic carbocycles. The average molecular weight is 473 g/mol. The summed E-state index contributed by atoms with van der Waals surface area (Å²) in [5, 5.41) is 20.1. The summed E-state index contributed by atoms with van der Waals surface area (Å²) in [5.74, 6) is 0. The molecule has 1 aliphatic heterocycles. The van der Waals surface area contributed by atoms with Crippen molar-refractivity contribution >= 4 is 11.2 Å². The van der Waals surface area contributed by atoms with Gasteiger partial charge in [0.05, 0.1) is 30.8 Å². The van der Waals surface area contributed by atoms with Crippen molar-refractivity contribution in [2.75, 3.05) is 39.3 Å². The number of aliphatic hydroxyl groups is 2. The van der Waals surface area contributed by atoms with Crippen LogP contribution in [-0.4, -0.2) is 85.0 Å². The Balaban J connectivity index is 1.22. The van der Waals surface area contributed by atoms with Crippen LogP contribution in [0.2, 0.25) is 0 Å². The first-order valence-corrected chi connectivity index (χ1v) is 12.2. The molecule has 8 heteroatoms. The minimum atomic E-state index is -0.540. The molecule has 0 bridgehead atoms. The third-order valence-electron chi connectivity index (χ3n) is 6.72. The van der Waals surface area contributed by atoms with Gasteiger partial charge < -0.3 is 14.8 Å². The second kappa shape index (κ2) is 11.0. The van der Waals surface area contributed by atoms with E-state index in [9.17, 15) is 10.2 Å². The third-order valence-corrected chi connectivity index (χ3v) is 6.72. The molecule has 1 aliphatic rings. The molecule has 0 spiro atoms. The van der Waals surface area contributed by atoms with Gasteiger partial charge in [-0.05, 0) is 11.1 Å². The number of nitrogens with zero attached hydrogens (tertiary/aromatic N) is 6. The molecule has 0 aliphatic carbocycles. The average Bonchev–Trinajstić information content (AvgIpc) is 3.31. The summed E-state index contributed by atoms with van der Waals surface area (Å²) in [7, 11) is 0. The number of rotatable bonds is 9. The Hall–Kier alpha value is -3.17. The summed E-state index contributed by atoms with van der Waals surface area (Å²) in [6, 6.07) is 21.6. The highest BCUT2D eigenvalue weighted by Crippen LogP contribution is 2.29. The number of hydrogen-bond acceptors (Lipinski definition) is 7. The molecule has 35 heavy (non-hydrogen) atoms. The lowest BCUT2D eigenvalue weighted by molar-refractivity contribution is 0.0625. The van der Waals surface area contributed by atoms with Gasteiger partial charge in [-0.3, -0.25) is 9.80 Å². The number of fused-ring (bicyclic) bond motifs is 1. The van der Waals surface area contributed by atoms with E-state index in [1.807, 2.05) is 4.57 Å². The Morgan fingerprint density at radius 1 is 0.829 bits per heavy atom. The van der Waals surface area contributed by atoms with Gasteiger partial charge in [0.25, 0.3) is 0 Å². The van der Waals surface area contributed by atoms with Gasteiger partial charge in [0.15, 0.2) is 5.65 Å². The quantitative estimate of drug-likeness (QED) is 0.386. The molecular weight excluding hydrogens is 440 g/mol. The standard InChI is InChI=1S/C27H32N6O2/c34-16-15-33-20-30-25-24(28-19-29-27(25)33)17-23(35)18-31-11-13-32(14-12-31)26(21-7-3-1-4-8-21)22-9-5-2-6-10-22/h1-10,19-20,23,26,34-35H,11-18H2. The lowest BCUT2D eigenvalue weighted by Crippen LogP contribution is -2.49. The molecular formula is C27H32N6O2. The van der Waals surface area contributed by atoms with Crippen LogP contribution in [0.25, 0.3) is 11.2 Å². The van der Waals surface area contributed by atoms with Crippen LogP contribution >= 0.6 is 0 Å². The zero-order valence-corrected chi connectivity index (χ0v) is 19.8. The molecule has 2 aromatic heterocycles. The summed E-state index contributed by atoms with van der Waals surface area (Å²) in [6.07, 6.45) is 3.06. The van der Waals surface area contributed by atoms with E-state index < -0.39 is 6.10 Å². The van der Waals surface area contributed by atoms with E-state index in [1.54, 1.807) is 6.33 Å². The van der Waals surface area contributed by atoms with E-state index in [1.165, 1.54) is 17.5 Å². The van der Waals surface area contributed by atoms with E-state index in [4.69, 9.17) is 0 Å². The molecule has 4 aromatic rings. The molecule has 0 radical (unpaired) electrons. The van der Waals surface area contributed by atoms with Gasteiger partial charge in [0.2, 0.25) is 0 Å². The molecule has 2 N–H and O–H groups in total. The number of aliphatic hydroxyl groups excluding tert-OH is 2. The summed E-state index contributed by atoms with van der Waals surface area (Å²) in [6.45, 7) is 4.73. The molecule has 0 saturated carbocycles. The van der Waals surface area contributed by atoms with Crippen molar-refractivity contribution in [3.63, 3.8) is 0 Å². The zero-order valence-electron chi connectivity index (χ0n) is 19.8. The maximum Gasteiger partial charge on any atom is 0.163 e. The minimum Gasteiger partial charge on any atom is -0.395 e. The van der Waals surface area contributed by atoms with Crippen molar-refractivity contribution < 1.29 is 10.2 Å². The second-order valence-electron chi connectivity index (χ2n) is 9.07. The predicted molar refractivity (Wildman–Crippen MR) is 135 cm³/mol. The fourth-order valence-electron chi connectivity index (χ4n) is 5.02. The van der Waals surface area contributed by atoms with Crippen molar-refractivity contribution in [2.45, 2.75) is 25.1 Å². The Kier molecular flexibility index (Phi) is 7.44. The van der Waals surface area contributed by atoms with Crippen molar-refractivity contribution in [3.8, 4) is 0 Å². The second-order valence-corrected chi connectivity index (χ2v) is 9.07. The maximum absolute atomic E-state index is 10.9. The molecule has 182 valence electrons. The van der Waals surface area contributed by atoms with Crippen molar-refractivity contribution in [1.29, 1.82) is 0 Å². The van der Waals surface area contributed by atoms with Crippen LogP contribution in [0.5, 0.6) is 0 Å². The van der Waals surface area contributed by atoms with Gasteiger partial charge >= 0.3 is 0 Å². The smallest absolute Gasteiger partial charge is 0.163 e. The normalized spacial score (nSPS) is 16.2. The van der Waals surface area contributed by atoms with Crippen LogP contribution in [0.1, 0.15) is 22.9 Å². The maximum atomic E-state index is 10.9. The first-order chi connectivity index (χ1) is 17.2. The Bertz CT molecular complexity index is 1170. The summed E-state index contributed by atoms with van der Waals surface area (Å²) >= 11 is 0. The van der Waals surface area contributed by atoms with Crippen molar-refractivity contribution in [1.82, 2.24) is 29.3 Å². The lowest BCUT2D eigenvalue weighted by Gasteiger charge is -2.40. The molecule has 1 saturated heterocycles. The molecule has 5 rings (SSSR count). The number of aromatic nitrogens is 4. The number of benzene rings is 2. The SMILES string of the molecule is OCCn1cnc2c(CC(O)CN3CCN(C(c4ccccc4)c4ccccc4)CC3)ncnc21. The molecule has 1 unspecified atom stereocenters. The molecule has 1 atom stereocenters. The first kappa shape index (κ1) is 23.6. The number of piperazine rings is 1. The highest BCUT2D eigenvalue weighted by atomic mass is 16.3. The highest BCUT2D eigenvalue weighted by Gasteiger charge is 2.27. The van der Waals surface area contributed by atoms with E-state index in [0.29, 0.717) is 30.7 Å². The molecule has 3 heterocycles. The predicted octanol–water partition coefficient (Wildman–Crippen LogP) is 2.13. The van der Waals surface area contributed by atoms with E-state index >= 15 is 0 Å².